The van der Waals surface area contributed by atoms with Crippen molar-refractivity contribution in [1.82, 2.24) is 19.6 Å². The van der Waals surface area contributed by atoms with Crippen LogP contribution in [0.25, 0.3) is 0 Å². The number of ether oxygens (including phenoxy) is 1. The van der Waals surface area contributed by atoms with Crippen molar-refractivity contribution >= 4 is 29.5 Å². The molecule has 1 spiro atoms. The van der Waals surface area contributed by atoms with Gasteiger partial charge in [-0.05, 0) is 25.7 Å². The summed E-state index contributed by atoms with van der Waals surface area (Å²) < 4.78 is 4.34. The van der Waals surface area contributed by atoms with E-state index in [0.29, 0.717) is 45.8 Å². The summed E-state index contributed by atoms with van der Waals surface area (Å²) in [5.74, 6) is -1.54. The summed E-state index contributed by atoms with van der Waals surface area (Å²) in [6, 6.07) is -1.25. The van der Waals surface area contributed by atoms with Crippen LogP contribution in [0.4, 0.5) is 0 Å². The van der Waals surface area contributed by atoms with E-state index in [-0.39, 0.29) is 30.2 Å². The molecule has 4 aliphatic rings. The Bertz CT molecular complexity index is 971. The van der Waals surface area contributed by atoms with E-state index in [4.69, 9.17) is 4.74 Å². The zero-order valence-corrected chi connectivity index (χ0v) is 24.8. The number of nitrogens with zero attached hydrogens (tertiary/aromatic N) is 4. The number of carbonyl (C=O) groups excluding carboxylic acids is 3. The first-order valence-corrected chi connectivity index (χ1v) is 15.1. The summed E-state index contributed by atoms with van der Waals surface area (Å²) in [5.41, 5.74) is 0. The largest absolute Gasteiger partial charge is 0.394 e. The number of rotatable bonds is 12. The van der Waals surface area contributed by atoms with Gasteiger partial charge in [-0.25, -0.2) is 0 Å². The SMILES string of the molecule is C=CCN(C)C(=O)[C@H]1[C@H]2C(=O)N([C@@H](CO)C(C)C)C(C(=O)N(CC=C)CCN3CCOCC3)C23CC[C@]1(C)S3. The van der Waals surface area contributed by atoms with E-state index in [1.54, 1.807) is 40.8 Å². The summed E-state index contributed by atoms with van der Waals surface area (Å²) in [6.07, 6.45) is 4.87. The zero-order chi connectivity index (χ0) is 28.5. The van der Waals surface area contributed by atoms with Crippen molar-refractivity contribution in [3.63, 3.8) is 0 Å². The molecule has 218 valence electrons. The summed E-state index contributed by atoms with van der Waals surface area (Å²) in [7, 11) is 1.75. The van der Waals surface area contributed by atoms with Crippen molar-refractivity contribution in [2.24, 2.45) is 17.8 Å². The number of hydrogen-bond acceptors (Lipinski definition) is 7. The van der Waals surface area contributed by atoms with Crippen LogP contribution in [0.5, 0.6) is 0 Å². The van der Waals surface area contributed by atoms with Crippen LogP contribution in [-0.4, -0.2) is 130 Å². The lowest BCUT2D eigenvalue weighted by atomic mass is 9.66. The number of likely N-dealkylation sites (N-methyl/N-ethyl adjacent to an activating group) is 1. The fourth-order valence-corrected chi connectivity index (χ4v) is 9.55. The molecule has 39 heavy (non-hydrogen) atoms. The zero-order valence-electron chi connectivity index (χ0n) is 24.0. The first-order valence-electron chi connectivity index (χ1n) is 14.2. The number of amides is 3. The minimum atomic E-state index is -0.742. The predicted molar refractivity (Wildman–Crippen MR) is 153 cm³/mol. The number of thioether (sulfide) groups is 1. The van der Waals surface area contributed by atoms with Crippen molar-refractivity contribution in [3.8, 4) is 0 Å². The van der Waals surface area contributed by atoms with E-state index in [0.717, 1.165) is 19.5 Å². The molecule has 4 heterocycles. The maximum Gasteiger partial charge on any atom is 0.247 e. The number of hydrogen-bond donors (Lipinski definition) is 1. The Morgan fingerprint density at radius 1 is 1.18 bits per heavy atom. The van der Waals surface area contributed by atoms with E-state index < -0.39 is 33.4 Å². The molecule has 2 bridgehead atoms. The van der Waals surface area contributed by atoms with E-state index in [1.807, 2.05) is 18.7 Å². The first kappa shape index (κ1) is 30.1. The highest BCUT2D eigenvalue weighted by atomic mass is 32.2. The van der Waals surface area contributed by atoms with Crippen LogP contribution in [0.2, 0.25) is 0 Å². The molecule has 0 radical (unpaired) electrons. The van der Waals surface area contributed by atoms with E-state index >= 15 is 0 Å². The van der Waals surface area contributed by atoms with Gasteiger partial charge in [0, 0.05) is 51.1 Å². The Balaban J connectivity index is 1.73. The van der Waals surface area contributed by atoms with E-state index in [1.165, 1.54) is 0 Å². The summed E-state index contributed by atoms with van der Waals surface area (Å²) in [5, 5.41) is 10.5. The van der Waals surface area contributed by atoms with Gasteiger partial charge in [0.15, 0.2) is 0 Å². The van der Waals surface area contributed by atoms with Crippen LogP contribution in [0.15, 0.2) is 25.3 Å². The molecule has 0 saturated carbocycles. The number of carbonyl (C=O) groups is 3. The van der Waals surface area contributed by atoms with Gasteiger partial charge < -0.3 is 24.5 Å². The number of fused-ring (bicyclic) bond motifs is 1. The van der Waals surface area contributed by atoms with Crippen molar-refractivity contribution in [3.05, 3.63) is 25.3 Å². The average Bonchev–Trinajstić information content (AvgIpc) is 3.48. The molecule has 2 unspecified atom stereocenters. The van der Waals surface area contributed by atoms with Crippen LogP contribution >= 0.6 is 11.8 Å². The smallest absolute Gasteiger partial charge is 0.247 e. The normalized spacial score (nSPS) is 32.8. The van der Waals surface area contributed by atoms with Crippen LogP contribution in [-0.2, 0) is 19.1 Å². The minimum Gasteiger partial charge on any atom is -0.394 e. The fraction of sp³-hybridized carbons (Fsp3) is 0.759. The van der Waals surface area contributed by atoms with Crippen LogP contribution < -0.4 is 0 Å². The highest BCUT2D eigenvalue weighted by molar-refractivity contribution is 8.02. The summed E-state index contributed by atoms with van der Waals surface area (Å²) in [6.45, 7) is 18.5. The Hall–Kier alpha value is -1.88. The molecule has 9 nitrogen and oxygen atoms in total. The molecule has 3 amide bonds. The lowest BCUT2D eigenvalue weighted by Gasteiger charge is -2.41. The predicted octanol–water partition coefficient (Wildman–Crippen LogP) is 1.48. The first-order chi connectivity index (χ1) is 18.6. The van der Waals surface area contributed by atoms with Gasteiger partial charge in [-0.15, -0.1) is 24.9 Å². The number of aliphatic hydroxyl groups is 1. The van der Waals surface area contributed by atoms with Gasteiger partial charge in [-0.1, -0.05) is 26.0 Å². The van der Waals surface area contributed by atoms with Gasteiger partial charge in [0.2, 0.25) is 17.7 Å². The molecule has 0 aromatic heterocycles. The third-order valence-corrected chi connectivity index (χ3v) is 11.2. The molecule has 0 aromatic rings. The van der Waals surface area contributed by atoms with Crippen molar-refractivity contribution in [2.45, 2.75) is 55.2 Å². The Morgan fingerprint density at radius 2 is 1.85 bits per heavy atom. The third-order valence-electron chi connectivity index (χ3n) is 9.26. The molecule has 10 heteroatoms. The van der Waals surface area contributed by atoms with Crippen LogP contribution in [0, 0.1) is 17.8 Å². The molecule has 0 aliphatic carbocycles. The standard InChI is InChI=1S/C29H46N4O5S/c1-7-11-30(6)25(35)22-23-26(36)33(21(19-34)20(3)4)24(29(23)10-9-28(22,5)39-29)27(37)32(12-8-2)14-13-31-15-17-38-18-16-31/h7-8,20-24,34H,1-2,9-19H2,3-6H3/t21-,22+,23-,24?,28-,29?/m0/s1. The van der Waals surface area contributed by atoms with Gasteiger partial charge in [0.25, 0.3) is 0 Å². The molecule has 4 aliphatic heterocycles. The maximum absolute atomic E-state index is 14.6. The number of aliphatic hydroxyl groups excluding tert-OH is 1. The molecule has 4 saturated heterocycles. The van der Waals surface area contributed by atoms with Gasteiger partial charge in [-0.2, -0.15) is 0 Å². The van der Waals surface area contributed by atoms with Crippen molar-refractivity contribution < 1.29 is 24.2 Å². The van der Waals surface area contributed by atoms with Gasteiger partial charge in [-0.3, -0.25) is 19.3 Å². The molecule has 0 aromatic carbocycles. The fourth-order valence-electron chi connectivity index (χ4n) is 7.22. The van der Waals surface area contributed by atoms with Gasteiger partial charge >= 0.3 is 0 Å². The Labute approximate surface area is 237 Å². The quantitative estimate of drug-likeness (QED) is 0.360. The molecular formula is C29H46N4O5S. The minimum absolute atomic E-state index is 0.0546. The summed E-state index contributed by atoms with van der Waals surface area (Å²) >= 11 is 1.67. The molecule has 4 fully saturated rings. The third kappa shape index (κ3) is 5.18. The highest BCUT2D eigenvalue weighted by Gasteiger charge is 2.78. The monoisotopic (exact) mass is 562 g/mol. The Kier molecular flexibility index (Phi) is 9.20. The molecule has 1 N–H and O–H groups in total. The Morgan fingerprint density at radius 3 is 2.44 bits per heavy atom. The van der Waals surface area contributed by atoms with Crippen LogP contribution in [0.3, 0.4) is 0 Å². The van der Waals surface area contributed by atoms with Gasteiger partial charge in [0.1, 0.15) is 6.04 Å². The van der Waals surface area contributed by atoms with E-state index in [9.17, 15) is 19.5 Å². The second-order valence-corrected chi connectivity index (χ2v) is 13.9. The average molecular weight is 563 g/mol. The number of morpholine rings is 1. The lowest BCUT2D eigenvalue weighted by molar-refractivity contribution is -0.148. The molecule has 4 rings (SSSR count). The highest BCUT2D eigenvalue weighted by Crippen LogP contribution is 2.72. The lowest BCUT2D eigenvalue weighted by Crippen LogP contribution is -2.59. The molecular weight excluding hydrogens is 516 g/mol. The van der Waals surface area contributed by atoms with E-state index in [2.05, 4.69) is 25.0 Å². The van der Waals surface area contributed by atoms with Crippen LogP contribution in [0.1, 0.15) is 33.6 Å². The molecule has 6 atom stereocenters. The topological polar surface area (TPSA) is 93.6 Å². The van der Waals surface area contributed by atoms with Crippen molar-refractivity contribution in [2.75, 3.05) is 66.1 Å². The second-order valence-electron chi connectivity index (χ2n) is 12.0. The number of likely N-dealkylation sites (tertiary alicyclic amines) is 1. The van der Waals surface area contributed by atoms with Crippen molar-refractivity contribution in [1.29, 1.82) is 0 Å². The van der Waals surface area contributed by atoms with Gasteiger partial charge in [0.05, 0.1) is 42.4 Å². The maximum atomic E-state index is 14.6. The second kappa shape index (κ2) is 11.9. The summed E-state index contributed by atoms with van der Waals surface area (Å²) in [4.78, 5) is 50.2.